The number of hydrogen-bond acceptors (Lipinski definition) is 3. The molecule has 0 radical (unpaired) electrons. The number of nitrogens with one attached hydrogen (secondary N) is 2. The van der Waals surface area contributed by atoms with Gasteiger partial charge in [-0.15, -0.1) is 0 Å². The zero-order valence-corrected chi connectivity index (χ0v) is 9.15. The molecule has 5 nitrogen and oxygen atoms in total. The van der Waals surface area contributed by atoms with E-state index in [1.807, 2.05) is 23.9 Å². The van der Waals surface area contributed by atoms with Crippen LogP contribution >= 0.6 is 0 Å². The van der Waals surface area contributed by atoms with Crippen molar-refractivity contribution in [2.75, 3.05) is 5.32 Å². The van der Waals surface area contributed by atoms with Crippen LogP contribution in [0.3, 0.4) is 0 Å². The van der Waals surface area contributed by atoms with Gasteiger partial charge in [0.25, 0.3) is 0 Å². The molecule has 15 heavy (non-hydrogen) atoms. The van der Waals surface area contributed by atoms with Crippen LogP contribution in [0.2, 0.25) is 0 Å². The van der Waals surface area contributed by atoms with Crippen LogP contribution in [-0.4, -0.2) is 25.8 Å². The fourth-order valence-electron chi connectivity index (χ4n) is 1.43. The Labute approximate surface area is 88.5 Å². The normalized spacial score (nSPS) is 10.9. The standard InChI is InChI=1S/C10H15N5/c1-7(2)13-10-14-8(3)6-15(10)9-4-11-12-5-9/h4-7H,1-3H3,(H,11,12)(H,13,14). The van der Waals surface area contributed by atoms with Gasteiger partial charge in [-0.05, 0) is 20.8 Å². The maximum absolute atomic E-state index is 4.42. The summed E-state index contributed by atoms with van der Waals surface area (Å²) >= 11 is 0. The van der Waals surface area contributed by atoms with E-state index in [1.54, 1.807) is 6.20 Å². The number of anilines is 1. The summed E-state index contributed by atoms with van der Waals surface area (Å²) < 4.78 is 1.98. The van der Waals surface area contributed by atoms with Crippen molar-refractivity contribution in [3.63, 3.8) is 0 Å². The van der Waals surface area contributed by atoms with Gasteiger partial charge in [0, 0.05) is 18.4 Å². The molecule has 0 aliphatic rings. The van der Waals surface area contributed by atoms with Crippen molar-refractivity contribution >= 4 is 5.95 Å². The third-order valence-corrected chi connectivity index (χ3v) is 2.01. The Morgan fingerprint density at radius 2 is 2.27 bits per heavy atom. The molecule has 2 N–H and O–H groups in total. The first-order chi connectivity index (χ1) is 7.16. The minimum atomic E-state index is 0.359. The average Bonchev–Trinajstić information content (AvgIpc) is 2.72. The smallest absolute Gasteiger partial charge is 0.208 e. The number of rotatable bonds is 3. The van der Waals surface area contributed by atoms with Crippen molar-refractivity contribution in [1.29, 1.82) is 0 Å². The van der Waals surface area contributed by atoms with Crippen molar-refractivity contribution in [2.45, 2.75) is 26.8 Å². The van der Waals surface area contributed by atoms with Gasteiger partial charge in [0.15, 0.2) is 0 Å². The second-order valence-electron chi connectivity index (χ2n) is 3.83. The van der Waals surface area contributed by atoms with Gasteiger partial charge in [-0.1, -0.05) is 0 Å². The van der Waals surface area contributed by atoms with Crippen LogP contribution in [0.5, 0.6) is 0 Å². The van der Waals surface area contributed by atoms with Gasteiger partial charge in [0.2, 0.25) is 5.95 Å². The Morgan fingerprint density at radius 3 is 2.87 bits per heavy atom. The van der Waals surface area contributed by atoms with E-state index in [4.69, 9.17) is 0 Å². The lowest BCUT2D eigenvalue weighted by molar-refractivity contribution is 0.864. The van der Waals surface area contributed by atoms with Crippen LogP contribution in [0, 0.1) is 6.92 Å². The topological polar surface area (TPSA) is 58.5 Å². The predicted molar refractivity (Wildman–Crippen MR) is 59.2 cm³/mol. The summed E-state index contributed by atoms with van der Waals surface area (Å²) in [5, 5.41) is 10.0. The number of nitrogens with zero attached hydrogens (tertiary/aromatic N) is 3. The van der Waals surface area contributed by atoms with Crippen molar-refractivity contribution < 1.29 is 0 Å². The van der Waals surface area contributed by atoms with Crippen molar-refractivity contribution in [3.05, 3.63) is 24.3 Å². The Kier molecular flexibility index (Phi) is 2.45. The summed E-state index contributed by atoms with van der Waals surface area (Å²) in [7, 11) is 0. The highest BCUT2D eigenvalue weighted by Crippen LogP contribution is 2.15. The van der Waals surface area contributed by atoms with Crippen LogP contribution in [-0.2, 0) is 0 Å². The fourth-order valence-corrected chi connectivity index (χ4v) is 1.43. The first-order valence-electron chi connectivity index (χ1n) is 4.98. The summed E-state index contributed by atoms with van der Waals surface area (Å²) in [6.07, 6.45) is 5.59. The molecule has 2 aromatic heterocycles. The van der Waals surface area contributed by atoms with E-state index in [0.29, 0.717) is 6.04 Å². The predicted octanol–water partition coefficient (Wildman–Crippen LogP) is 1.72. The van der Waals surface area contributed by atoms with Crippen LogP contribution in [0.1, 0.15) is 19.5 Å². The van der Waals surface area contributed by atoms with E-state index < -0.39 is 0 Å². The Morgan fingerprint density at radius 1 is 1.47 bits per heavy atom. The second-order valence-corrected chi connectivity index (χ2v) is 3.83. The number of aryl methyl sites for hydroxylation is 1. The Bertz CT molecular complexity index is 427. The number of hydrogen-bond donors (Lipinski definition) is 2. The van der Waals surface area contributed by atoms with Crippen molar-refractivity contribution in [2.24, 2.45) is 0 Å². The molecule has 0 atom stereocenters. The Balaban J connectivity index is 2.38. The molecule has 0 saturated carbocycles. The maximum atomic E-state index is 4.42. The SMILES string of the molecule is Cc1cn(-c2cn[nH]c2)c(NC(C)C)n1. The molecule has 0 amide bonds. The van der Waals surface area contributed by atoms with E-state index >= 15 is 0 Å². The van der Waals surface area contributed by atoms with E-state index in [2.05, 4.69) is 34.3 Å². The highest BCUT2D eigenvalue weighted by Gasteiger charge is 2.08. The number of H-pyrrole nitrogens is 1. The van der Waals surface area contributed by atoms with E-state index in [9.17, 15) is 0 Å². The fraction of sp³-hybridized carbons (Fsp3) is 0.400. The van der Waals surface area contributed by atoms with Crippen LogP contribution < -0.4 is 5.32 Å². The van der Waals surface area contributed by atoms with Crippen LogP contribution in [0.15, 0.2) is 18.6 Å². The average molecular weight is 205 g/mol. The van der Waals surface area contributed by atoms with Gasteiger partial charge < -0.3 is 5.32 Å². The number of aromatic nitrogens is 4. The third kappa shape index (κ3) is 2.01. The minimum Gasteiger partial charge on any atom is -0.353 e. The first kappa shape index (κ1) is 9.76. The highest BCUT2D eigenvalue weighted by molar-refractivity contribution is 5.41. The maximum Gasteiger partial charge on any atom is 0.208 e. The molecule has 80 valence electrons. The molecule has 0 saturated heterocycles. The minimum absolute atomic E-state index is 0.359. The quantitative estimate of drug-likeness (QED) is 0.802. The molecule has 0 bridgehead atoms. The largest absolute Gasteiger partial charge is 0.353 e. The molecule has 2 aromatic rings. The van der Waals surface area contributed by atoms with Gasteiger partial charge in [-0.25, -0.2) is 4.98 Å². The molecule has 0 fully saturated rings. The van der Waals surface area contributed by atoms with E-state index in [1.165, 1.54) is 0 Å². The lowest BCUT2D eigenvalue weighted by Gasteiger charge is -2.10. The third-order valence-electron chi connectivity index (χ3n) is 2.01. The van der Waals surface area contributed by atoms with Gasteiger partial charge in [-0.2, -0.15) is 5.10 Å². The Hall–Kier alpha value is -1.78. The molecular weight excluding hydrogens is 190 g/mol. The van der Waals surface area contributed by atoms with Gasteiger partial charge in [-0.3, -0.25) is 9.67 Å². The lowest BCUT2D eigenvalue weighted by atomic mass is 10.4. The van der Waals surface area contributed by atoms with Crippen LogP contribution in [0.25, 0.3) is 5.69 Å². The van der Waals surface area contributed by atoms with Crippen molar-refractivity contribution in [1.82, 2.24) is 19.7 Å². The summed E-state index contributed by atoms with van der Waals surface area (Å²) in [6.45, 7) is 6.15. The molecule has 0 unspecified atom stereocenters. The number of aromatic amines is 1. The zero-order valence-electron chi connectivity index (χ0n) is 9.15. The van der Waals surface area contributed by atoms with Crippen molar-refractivity contribution in [3.8, 4) is 5.69 Å². The van der Waals surface area contributed by atoms with Gasteiger partial charge >= 0.3 is 0 Å². The summed E-state index contributed by atoms with van der Waals surface area (Å²) in [6, 6.07) is 0.359. The molecule has 2 rings (SSSR count). The summed E-state index contributed by atoms with van der Waals surface area (Å²) in [5.41, 5.74) is 1.97. The van der Waals surface area contributed by atoms with Crippen LogP contribution in [0.4, 0.5) is 5.95 Å². The summed E-state index contributed by atoms with van der Waals surface area (Å²) in [5.74, 6) is 0.851. The summed E-state index contributed by atoms with van der Waals surface area (Å²) in [4.78, 5) is 4.42. The molecular formula is C10H15N5. The van der Waals surface area contributed by atoms with Gasteiger partial charge in [0.1, 0.15) is 0 Å². The lowest BCUT2D eigenvalue weighted by Crippen LogP contribution is -2.13. The molecule has 0 aromatic carbocycles. The molecule has 0 aliphatic carbocycles. The molecule has 0 spiro atoms. The second kappa shape index (κ2) is 3.76. The molecule has 0 aliphatic heterocycles. The first-order valence-corrected chi connectivity index (χ1v) is 4.98. The zero-order chi connectivity index (χ0) is 10.8. The van der Waals surface area contributed by atoms with E-state index in [0.717, 1.165) is 17.3 Å². The van der Waals surface area contributed by atoms with E-state index in [-0.39, 0.29) is 0 Å². The monoisotopic (exact) mass is 205 g/mol. The molecule has 5 heteroatoms. The highest BCUT2D eigenvalue weighted by atomic mass is 15.2. The number of imidazole rings is 1. The molecule has 2 heterocycles. The van der Waals surface area contributed by atoms with Gasteiger partial charge in [0.05, 0.1) is 17.6 Å².